The number of aliphatic hydroxyl groups is 1. The largest absolute Gasteiger partial charge is 0.439 e. The van der Waals surface area contributed by atoms with Gasteiger partial charge in [-0.25, -0.2) is 0 Å². The van der Waals surface area contributed by atoms with Crippen LogP contribution in [0.25, 0.3) is 0 Å². The number of amides is 1. The van der Waals surface area contributed by atoms with Crippen molar-refractivity contribution < 1.29 is 23.1 Å². The predicted molar refractivity (Wildman–Crippen MR) is 96.3 cm³/mol. The van der Waals surface area contributed by atoms with Crippen LogP contribution in [0.2, 0.25) is 0 Å². The SMILES string of the molecule is C[C@@H]1CCC2=NN(C(=O)c3ccc(C(C)(C)C)cc3)[C@@](O)(C(F)(F)F)[C@H]2C1. The molecule has 7 heteroatoms. The maximum atomic E-state index is 13.9. The van der Waals surface area contributed by atoms with Crippen LogP contribution in [0, 0.1) is 11.8 Å². The van der Waals surface area contributed by atoms with E-state index in [-0.39, 0.29) is 34.0 Å². The molecule has 1 saturated carbocycles. The molecule has 1 aromatic carbocycles. The summed E-state index contributed by atoms with van der Waals surface area (Å²) in [6, 6.07) is 6.42. The van der Waals surface area contributed by atoms with E-state index < -0.39 is 23.7 Å². The number of carbonyl (C=O) groups excluding carboxylic acids is 1. The predicted octanol–water partition coefficient (Wildman–Crippen LogP) is 4.48. The van der Waals surface area contributed by atoms with Gasteiger partial charge in [0.1, 0.15) is 0 Å². The topological polar surface area (TPSA) is 52.9 Å². The molecule has 1 N–H and O–H groups in total. The van der Waals surface area contributed by atoms with E-state index in [0.717, 1.165) is 5.56 Å². The van der Waals surface area contributed by atoms with Gasteiger partial charge in [0.25, 0.3) is 11.6 Å². The van der Waals surface area contributed by atoms with Crippen molar-refractivity contribution in [1.29, 1.82) is 0 Å². The van der Waals surface area contributed by atoms with Crippen LogP contribution in [0.4, 0.5) is 13.2 Å². The molecular formula is C20H25F3N2O2. The van der Waals surface area contributed by atoms with E-state index in [9.17, 15) is 23.1 Å². The molecule has 0 unspecified atom stereocenters. The van der Waals surface area contributed by atoms with Crippen molar-refractivity contribution in [3.8, 4) is 0 Å². The average Bonchev–Trinajstić information content (AvgIpc) is 2.87. The third kappa shape index (κ3) is 3.26. The molecule has 1 aliphatic carbocycles. The van der Waals surface area contributed by atoms with Crippen LogP contribution in [0.15, 0.2) is 29.4 Å². The molecule has 4 nitrogen and oxygen atoms in total. The first-order valence-electron chi connectivity index (χ1n) is 9.17. The Hall–Kier alpha value is -1.89. The van der Waals surface area contributed by atoms with Crippen molar-refractivity contribution >= 4 is 11.6 Å². The summed E-state index contributed by atoms with van der Waals surface area (Å²) in [7, 11) is 0. The molecule has 148 valence electrons. The molecule has 2 aliphatic rings. The van der Waals surface area contributed by atoms with Crippen LogP contribution in [0.1, 0.15) is 62.9 Å². The van der Waals surface area contributed by atoms with E-state index in [1.165, 1.54) is 12.1 Å². The van der Waals surface area contributed by atoms with E-state index >= 15 is 0 Å². The highest BCUT2D eigenvalue weighted by Gasteiger charge is 2.68. The minimum absolute atomic E-state index is 0.0314. The molecule has 1 aliphatic heterocycles. The Morgan fingerprint density at radius 3 is 2.33 bits per heavy atom. The number of rotatable bonds is 1. The van der Waals surface area contributed by atoms with E-state index in [1.54, 1.807) is 12.1 Å². The summed E-state index contributed by atoms with van der Waals surface area (Å²) < 4.78 is 41.6. The van der Waals surface area contributed by atoms with Crippen LogP contribution in [0.3, 0.4) is 0 Å². The van der Waals surface area contributed by atoms with Crippen LogP contribution in [-0.4, -0.2) is 33.6 Å². The minimum Gasteiger partial charge on any atom is -0.362 e. The molecule has 3 atom stereocenters. The first-order valence-corrected chi connectivity index (χ1v) is 9.17. The molecule has 0 spiro atoms. The highest BCUT2D eigenvalue weighted by atomic mass is 19.4. The highest BCUT2D eigenvalue weighted by Crippen LogP contribution is 2.49. The molecule has 0 radical (unpaired) electrons. The van der Waals surface area contributed by atoms with Crippen LogP contribution < -0.4 is 0 Å². The van der Waals surface area contributed by atoms with Gasteiger partial charge in [0.2, 0.25) is 0 Å². The van der Waals surface area contributed by atoms with Gasteiger partial charge < -0.3 is 5.11 Å². The Morgan fingerprint density at radius 2 is 1.81 bits per heavy atom. The van der Waals surface area contributed by atoms with Crippen LogP contribution >= 0.6 is 0 Å². The maximum absolute atomic E-state index is 13.9. The fourth-order valence-electron chi connectivity index (χ4n) is 3.85. The van der Waals surface area contributed by atoms with Crippen molar-refractivity contribution in [2.45, 2.75) is 64.3 Å². The minimum atomic E-state index is -5.00. The van der Waals surface area contributed by atoms with Gasteiger partial charge in [0, 0.05) is 11.3 Å². The fraction of sp³-hybridized carbons (Fsp3) is 0.600. The molecule has 0 bridgehead atoms. The van der Waals surface area contributed by atoms with Crippen molar-refractivity contribution in [2.75, 3.05) is 0 Å². The molecule has 3 rings (SSSR count). The van der Waals surface area contributed by atoms with Gasteiger partial charge in [-0.05, 0) is 48.3 Å². The molecule has 1 fully saturated rings. The number of nitrogens with zero attached hydrogens (tertiary/aromatic N) is 2. The number of carbonyl (C=O) groups is 1. The number of fused-ring (bicyclic) bond motifs is 1. The Morgan fingerprint density at radius 1 is 1.22 bits per heavy atom. The van der Waals surface area contributed by atoms with E-state index in [2.05, 4.69) is 5.10 Å². The van der Waals surface area contributed by atoms with Gasteiger partial charge in [-0.2, -0.15) is 23.3 Å². The summed E-state index contributed by atoms with van der Waals surface area (Å²) in [6.45, 7) is 7.86. The Labute approximate surface area is 157 Å². The average molecular weight is 382 g/mol. The standard InChI is InChI=1S/C20H25F3N2O2/c1-12-5-10-16-15(11-12)19(27,20(21,22)23)25(24-16)17(26)13-6-8-14(9-7-13)18(2,3)4/h6-9,12,15,27H,5,10-11H2,1-4H3/t12-,15+,19+/m1/s1. The second-order valence-corrected chi connectivity index (χ2v) is 8.69. The zero-order valence-electron chi connectivity index (χ0n) is 16.0. The third-order valence-electron chi connectivity index (χ3n) is 5.58. The lowest BCUT2D eigenvalue weighted by Gasteiger charge is -2.39. The van der Waals surface area contributed by atoms with Gasteiger partial charge in [0.05, 0.1) is 5.92 Å². The second-order valence-electron chi connectivity index (χ2n) is 8.69. The summed E-state index contributed by atoms with van der Waals surface area (Å²) >= 11 is 0. The van der Waals surface area contributed by atoms with Crippen LogP contribution in [0.5, 0.6) is 0 Å². The Balaban J connectivity index is 1.98. The zero-order chi connectivity index (χ0) is 20.2. The van der Waals surface area contributed by atoms with Crippen molar-refractivity contribution in [3.05, 3.63) is 35.4 Å². The van der Waals surface area contributed by atoms with Gasteiger partial charge in [-0.1, -0.05) is 39.8 Å². The molecule has 1 heterocycles. The number of alkyl halides is 3. The molecule has 1 amide bonds. The zero-order valence-corrected chi connectivity index (χ0v) is 16.0. The second kappa shape index (κ2) is 6.33. The lowest BCUT2D eigenvalue weighted by Crippen LogP contribution is -2.61. The smallest absolute Gasteiger partial charge is 0.362 e. The number of hydrogen-bond acceptors (Lipinski definition) is 3. The third-order valence-corrected chi connectivity index (χ3v) is 5.58. The van der Waals surface area contributed by atoms with E-state index in [4.69, 9.17) is 0 Å². The maximum Gasteiger partial charge on any atom is 0.439 e. The van der Waals surface area contributed by atoms with Gasteiger partial charge in [-0.3, -0.25) is 4.79 Å². The molecule has 0 aromatic heterocycles. The number of halogens is 3. The summed E-state index contributed by atoms with van der Waals surface area (Å²) in [5.74, 6) is -2.12. The van der Waals surface area contributed by atoms with Crippen molar-refractivity contribution in [3.63, 3.8) is 0 Å². The molecule has 27 heavy (non-hydrogen) atoms. The summed E-state index contributed by atoms with van der Waals surface area (Å²) in [4.78, 5) is 12.9. The molecular weight excluding hydrogens is 357 g/mol. The van der Waals surface area contributed by atoms with Crippen molar-refractivity contribution in [2.24, 2.45) is 16.9 Å². The molecule has 1 aromatic rings. The first-order chi connectivity index (χ1) is 12.4. The normalized spacial score (nSPS) is 28.7. The first kappa shape index (κ1) is 19.9. The number of hydrogen-bond donors (Lipinski definition) is 1. The lowest BCUT2D eigenvalue weighted by atomic mass is 9.76. The quantitative estimate of drug-likeness (QED) is 0.778. The highest BCUT2D eigenvalue weighted by molar-refractivity contribution is 5.99. The molecule has 0 saturated heterocycles. The summed E-state index contributed by atoms with van der Waals surface area (Å²) in [6.07, 6.45) is -3.79. The number of hydrazone groups is 1. The van der Waals surface area contributed by atoms with E-state index in [0.29, 0.717) is 12.8 Å². The van der Waals surface area contributed by atoms with Gasteiger partial charge in [-0.15, -0.1) is 0 Å². The Kier molecular flexibility index (Phi) is 4.65. The monoisotopic (exact) mass is 382 g/mol. The Bertz CT molecular complexity index is 765. The lowest BCUT2D eigenvalue weighted by molar-refractivity contribution is -0.313. The van der Waals surface area contributed by atoms with Crippen molar-refractivity contribution in [1.82, 2.24) is 5.01 Å². The van der Waals surface area contributed by atoms with Gasteiger partial charge in [0.15, 0.2) is 0 Å². The summed E-state index contributed by atoms with van der Waals surface area (Å²) in [5.41, 5.74) is -2.15. The summed E-state index contributed by atoms with van der Waals surface area (Å²) in [5, 5.41) is 14.9. The van der Waals surface area contributed by atoms with Crippen LogP contribution in [-0.2, 0) is 5.41 Å². The fourth-order valence-corrected chi connectivity index (χ4v) is 3.85. The number of benzene rings is 1. The van der Waals surface area contributed by atoms with E-state index in [1.807, 2.05) is 27.7 Å². The van der Waals surface area contributed by atoms with Gasteiger partial charge >= 0.3 is 6.18 Å².